The molecule has 0 saturated carbocycles. The van der Waals surface area contributed by atoms with Crippen LogP contribution in [0.5, 0.6) is 0 Å². The van der Waals surface area contributed by atoms with Gasteiger partial charge in [-0.25, -0.2) is 0 Å². The van der Waals surface area contributed by atoms with E-state index in [1.165, 1.54) is 0 Å². The Bertz CT molecular complexity index is 295. The van der Waals surface area contributed by atoms with E-state index in [4.69, 9.17) is 5.73 Å². The van der Waals surface area contributed by atoms with Gasteiger partial charge in [-0.3, -0.25) is 14.5 Å². The van der Waals surface area contributed by atoms with Crippen molar-refractivity contribution in [2.75, 3.05) is 39.8 Å². The van der Waals surface area contributed by atoms with E-state index in [1.807, 2.05) is 11.8 Å². The molecule has 1 atom stereocenters. The van der Waals surface area contributed by atoms with Crippen LogP contribution in [0.15, 0.2) is 0 Å². The first-order valence-corrected chi connectivity index (χ1v) is 5.93. The van der Waals surface area contributed by atoms with E-state index in [0.717, 1.165) is 13.0 Å². The summed E-state index contributed by atoms with van der Waals surface area (Å²) in [6.07, 6.45) is 0.789. The van der Waals surface area contributed by atoms with Gasteiger partial charge in [0.25, 0.3) is 0 Å². The van der Waals surface area contributed by atoms with E-state index < -0.39 is 0 Å². The second-order valence-corrected chi connectivity index (χ2v) is 4.74. The van der Waals surface area contributed by atoms with Gasteiger partial charge in [0, 0.05) is 26.7 Å². The number of carbonyl (C=O) groups excluding carboxylic acids is 2. The summed E-state index contributed by atoms with van der Waals surface area (Å²) >= 11 is 0. The zero-order valence-corrected chi connectivity index (χ0v) is 10.6. The van der Waals surface area contributed by atoms with Crippen molar-refractivity contribution in [1.82, 2.24) is 15.5 Å². The third kappa shape index (κ3) is 3.67. The highest BCUT2D eigenvalue weighted by atomic mass is 16.2. The van der Waals surface area contributed by atoms with Gasteiger partial charge in [0.05, 0.1) is 12.0 Å². The monoisotopic (exact) mass is 242 g/mol. The average Bonchev–Trinajstić information content (AvgIpc) is 2.68. The summed E-state index contributed by atoms with van der Waals surface area (Å²) in [5.41, 5.74) is 4.93. The first-order chi connectivity index (χ1) is 8.01. The molecule has 6 nitrogen and oxygen atoms in total. The molecule has 1 unspecified atom stereocenters. The summed E-state index contributed by atoms with van der Waals surface area (Å²) < 4.78 is 0. The molecule has 1 fully saturated rings. The van der Waals surface area contributed by atoms with Crippen molar-refractivity contribution >= 4 is 11.8 Å². The molecular weight excluding hydrogens is 220 g/mol. The molecule has 98 valence electrons. The fourth-order valence-electron chi connectivity index (χ4n) is 2.15. The number of hydrogen-bond acceptors (Lipinski definition) is 4. The number of likely N-dealkylation sites (tertiary alicyclic amines) is 1. The summed E-state index contributed by atoms with van der Waals surface area (Å²) in [7, 11) is 1.64. The van der Waals surface area contributed by atoms with Crippen molar-refractivity contribution < 1.29 is 9.59 Å². The number of nitrogens with two attached hydrogens (primary N) is 1. The lowest BCUT2D eigenvalue weighted by Crippen LogP contribution is -2.42. The zero-order valence-electron chi connectivity index (χ0n) is 10.6. The molecule has 1 rings (SSSR count). The Morgan fingerprint density at radius 1 is 1.47 bits per heavy atom. The Hall–Kier alpha value is -1.14. The topological polar surface area (TPSA) is 87.5 Å². The number of nitrogens with zero attached hydrogens (tertiary/aromatic N) is 1. The van der Waals surface area contributed by atoms with Crippen LogP contribution >= 0.6 is 0 Å². The highest BCUT2D eigenvalue weighted by Gasteiger charge is 2.39. The van der Waals surface area contributed by atoms with E-state index in [-0.39, 0.29) is 17.2 Å². The molecule has 0 spiro atoms. The van der Waals surface area contributed by atoms with Crippen LogP contribution in [0.2, 0.25) is 0 Å². The largest absolute Gasteiger partial charge is 0.359 e. The maximum absolute atomic E-state index is 11.7. The van der Waals surface area contributed by atoms with Gasteiger partial charge in [-0.2, -0.15) is 0 Å². The van der Waals surface area contributed by atoms with E-state index in [9.17, 15) is 9.59 Å². The van der Waals surface area contributed by atoms with Gasteiger partial charge >= 0.3 is 0 Å². The average molecular weight is 242 g/mol. The minimum Gasteiger partial charge on any atom is -0.359 e. The van der Waals surface area contributed by atoms with Crippen molar-refractivity contribution in [2.45, 2.75) is 13.3 Å². The molecule has 1 aliphatic rings. The standard InChI is InChI=1S/C11H22N4O2/c1-11(10(17)13-2)3-6-15(8-11)7-9(16)14-5-4-12/h3-8,12H2,1-2H3,(H,13,17)(H,14,16). The molecule has 0 bridgehead atoms. The minimum absolute atomic E-state index is 0.0309. The van der Waals surface area contributed by atoms with E-state index in [0.29, 0.717) is 26.2 Å². The van der Waals surface area contributed by atoms with Gasteiger partial charge in [0.2, 0.25) is 11.8 Å². The number of carbonyl (C=O) groups is 2. The lowest BCUT2D eigenvalue weighted by molar-refractivity contribution is -0.129. The molecule has 0 aromatic heterocycles. The Kier molecular flexibility index (Phi) is 4.89. The van der Waals surface area contributed by atoms with Crippen LogP contribution in [-0.4, -0.2) is 56.5 Å². The Morgan fingerprint density at radius 2 is 2.18 bits per heavy atom. The van der Waals surface area contributed by atoms with Gasteiger partial charge < -0.3 is 16.4 Å². The van der Waals surface area contributed by atoms with Crippen LogP contribution in [0, 0.1) is 5.41 Å². The minimum atomic E-state index is -0.372. The molecule has 0 aromatic carbocycles. The van der Waals surface area contributed by atoms with Crippen molar-refractivity contribution in [3.63, 3.8) is 0 Å². The first kappa shape index (κ1) is 13.9. The Labute approximate surface area is 102 Å². The summed E-state index contributed by atoms with van der Waals surface area (Å²) in [5, 5.41) is 5.40. The molecule has 2 amide bonds. The SMILES string of the molecule is CNC(=O)C1(C)CCN(CC(=O)NCCN)C1. The smallest absolute Gasteiger partial charge is 0.234 e. The Balaban J connectivity index is 2.40. The van der Waals surface area contributed by atoms with Crippen LogP contribution in [0.1, 0.15) is 13.3 Å². The third-order valence-corrected chi connectivity index (χ3v) is 3.16. The van der Waals surface area contributed by atoms with Gasteiger partial charge in [-0.05, 0) is 19.9 Å². The van der Waals surface area contributed by atoms with Crippen molar-refractivity contribution in [3.8, 4) is 0 Å². The second-order valence-electron chi connectivity index (χ2n) is 4.74. The maximum atomic E-state index is 11.7. The van der Waals surface area contributed by atoms with Crippen molar-refractivity contribution in [1.29, 1.82) is 0 Å². The molecule has 1 heterocycles. The van der Waals surface area contributed by atoms with Gasteiger partial charge in [-0.1, -0.05) is 0 Å². The first-order valence-electron chi connectivity index (χ1n) is 5.93. The summed E-state index contributed by atoms with van der Waals surface area (Å²) in [6, 6.07) is 0. The quantitative estimate of drug-likeness (QED) is 0.548. The van der Waals surface area contributed by atoms with Crippen LogP contribution in [0.3, 0.4) is 0 Å². The molecule has 0 aliphatic carbocycles. The summed E-state index contributed by atoms with van der Waals surface area (Å²) in [5.74, 6) is 0.0129. The summed E-state index contributed by atoms with van der Waals surface area (Å²) in [4.78, 5) is 25.2. The molecule has 6 heteroatoms. The molecule has 1 aliphatic heterocycles. The molecular formula is C11H22N4O2. The second kappa shape index (κ2) is 5.97. The molecule has 0 radical (unpaired) electrons. The van der Waals surface area contributed by atoms with Crippen LogP contribution in [-0.2, 0) is 9.59 Å². The number of nitrogens with one attached hydrogen (secondary N) is 2. The Morgan fingerprint density at radius 3 is 2.76 bits per heavy atom. The number of amides is 2. The predicted molar refractivity (Wildman–Crippen MR) is 65.3 cm³/mol. The normalized spacial score (nSPS) is 24.6. The highest BCUT2D eigenvalue weighted by Crippen LogP contribution is 2.29. The highest BCUT2D eigenvalue weighted by molar-refractivity contribution is 5.83. The molecule has 4 N–H and O–H groups in total. The zero-order chi connectivity index (χ0) is 12.9. The van der Waals surface area contributed by atoms with Crippen LogP contribution in [0.4, 0.5) is 0 Å². The maximum Gasteiger partial charge on any atom is 0.234 e. The fourth-order valence-corrected chi connectivity index (χ4v) is 2.15. The molecule has 1 saturated heterocycles. The van der Waals surface area contributed by atoms with Crippen molar-refractivity contribution in [2.24, 2.45) is 11.1 Å². The van der Waals surface area contributed by atoms with E-state index >= 15 is 0 Å². The lowest BCUT2D eigenvalue weighted by Gasteiger charge is -2.22. The fraction of sp³-hybridized carbons (Fsp3) is 0.818. The van der Waals surface area contributed by atoms with Gasteiger partial charge in [0.15, 0.2) is 0 Å². The van der Waals surface area contributed by atoms with E-state index in [2.05, 4.69) is 10.6 Å². The third-order valence-electron chi connectivity index (χ3n) is 3.16. The van der Waals surface area contributed by atoms with Crippen LogP contribution < -0.4 is 16.4 Å². The van der Waals surface area contributed by atoms with Gasteiger partial charge in [-0.15, -0.1) is 0 Å². The predicted octanol–water partition coefficient (Wildman–Crippen LogP) is -1.48. The van der Waals surface area contributed by atoms with Gasteiger partial charge in [0.1, 0.15) is 0 Å². The summed E-state index contributed by atoms with van der Waals surface area (Å²) in [6.45, 7) is 4.62. The van der Waals surface area contributed by atoms with Crippen LogP contribution in [0.25, 0.3) is 0 Å². The number of rotatable bonds is 5. The van der Waals surface area contributed by atoms with Crippen molar-refractivity contribution in [3.05, 3.63) is 0 Å². The number of hydrogen-bond donors (Lipinski definition) is 3. The lowest BCUT2D eigenvalue weighted by atomic mass is 9.89. The molecule has 17 heavy (non-hydrogen) atoms. The molecule has 0 aromatic rings. The van der Waals surface area contributed by atoms with E-state index in [1.54, 1.807) is 7.05 Å².